The van der Waals surface area contributed by atoms with E-state index in [9.17, 15) is 9.59 Å². The monoisotopic (exact) mass is 379 g/mol. The predicted octanol–water partition coefficient (Wildman–Crippen LogP) is 4.50. The van der Waals surface area contributed by atoms with E-state index < -0.39 is 0 Å². The fourth-order valence-electron chi connectivity index (χ4n) is 2.67. The fourth-order valence-corrected chi connectivity index (χ4v) is 3.62. The molecule has 2 aromatic carbocycles. The summed E-state index contributed by atoms with van der Waals surface area (Å²) in [6.07, 6.45) is 0. The van der Waals surface area contributed by atoms with Crippen LogP contribution in [0.4, 0.5) is 5.69 Å². The molecule has 0 saturated carbocycles. The fraction of sp³-hybridized carbons (Fsp3) is 0.190. The van der Waals surface area contributed by atoms with Crippen molar-refractivity contribution in [1.29, 1.82) is 0 Å². The number of nitrogens with zero attached hydrogens (tertiary/aromatic N) is 1. The summed E-state index contributed by atoms with van der Waals surface area (Å²) in [7, 11) is 0. The summed E-state index contributed by atoms with van der Waals surface area (Å²) in [5.74, 6) is 0.313. The molecule has 0 fully saturated rings. The minimum Gasteiger partial charge on any atom is -0.322 e. The van der Waals surface area contributed by atoms with Crippen molar-refractivity contribution in [3.05, 3.63) is 76.2 Å². The van der Waals surface area contributed by atoms with Crippen LogP contribution in [-0.4, -0.2) is 21.1 Å². The van der Waals surface area contributed by atoms with Gasteiger partial charge in [-0.25, -0.2) is 4.98 Å². The molecule has 0 spiro atoms. The molecule has 1 aromatic heterocycles. The molecule has 138 valence electrons. The van der Waals surface area contributed by atoms with Crippen molar-refractivity contribution in [3.63, 3.8) is 0 Å². The van der Waals surface area contributed by atoms with Crippen molar-refractivity contribution >= 4 is 23.4 Å². The van der Waals surface area contributed by atoms with Gasteiger partial charge in [-0.05, 0) is 31.2 Å². The smallest absolute Gasteiger partial charge is 0.256 e. The summed E-state index contributed by atoms with van der Waals surface area (Å²) in [6.45, 7) is 5.96. The molecule has 0 radical (unpaired) electrons. The van der Waals surface area contributed by atoms with Crippen molar-refractivity contribution in [1.82, 2.24) is 9.97 Å². The molecule has 1 heterocycles. The Labute approximate surface area is 162 Å². The quantitative estimate of drug-likeness (QED) is 0.640. The number of carbonyl (C=O) groups is 1. The number of thioether (sulfide) groups is 1. The maximum absolute atomic E-state index is 12.8. The van der Waals surface area contributed by atoms with Gasteiger partial charge in [-0.2, -0.15) is 0 Å². The Morgan fingerprint density at radius 2 is 1.89 bits per heavy atom. The highest BCUT2D eigenvalue weighted by molar-refractivity contribution is 8.00. The maximum atomic E-state index is 12.8. The van der Waals surface area contributed by atoms with Gasteiger partial charge in [-0.3, -0.25) is 9.59 Å². The minimum atomic E-state index is -0.202. The summed E-state index contributed by atoms with van der Waals surface area (Å²) in [5, 5.41) is 3.32. The van der Waals surface area contributed by atoms with Gasteiger partial charge in [-0.1, -0.05) is 38.1 Å². The summed E-state index contributed by atoms with van der Waals surface area (Å²) in [6, 6.07) is 16.3. The number of H-pyrrole nitrogens is 1. The standard InChI is InChI=1S/C21H21N3O2S/c1-13(2)27-18-10-5-4-9-17(18)21(26)23-16-8-6-7-15(12-16)20-22-14(3)11-19(25)24-20/h4-13H,1-3H3,(H,23,26)(H,22,24,25). The van der Waals surface area contributed by atoms with Crippen LogP contribution in [-0.2, 0) is 0 Å². The third kappa shape index (κ3) is 4.86. The molecule has 3 aromatic rings. The third-order valence-corrected chi connectivity index (χ3v) is 4.84. The number of anilines is 1. The highest BCUT2D eigenvalue weighted by Crippen LogP contribution is 2.27. The highest BCUT2D eigenvalue weighted by Gasteiger charge is 2.13. The molecule has 3 rings (SSSR count). The van der Waals surface area contributed by atoms with E-state index in [0.29, 0.717) is 28.0 Å². The number of aromatic nitrogens is 2. The molecule has 0 aliphatic heterocycles. The van der Waals surface area contributed by atoms with Crippen LogP contribution in [0.2, 0.25) is 0 Å². The number of hydrogen-bond acceptors (Lipinski definition) is 4. The van der Waals surface area contributed by atoms with Crippen LogP contribution < -0.4 is 10.9 Å². The summed E-state index contributed by atoms with van der Waals surface area (Å²) < 4.78 is 0. The predicted molar refractivity (Wildman–Crippen MR) is 110 cm³/mol. The zero-order valence-electron chi connectivity index (χ0n) is 15.4. The van der Waals surface area contributed by atoms with Crippen LogP contribution >= 0.6 is 11.8 Å². The average Bonchev–Trinajstić information content (AvgIpc) is 2.61. The van der Waals surface area contributed by atoms with Gasteiger partial charge < -0.3 is 10.3 Å². The Bertz CT molecular complexity index is 1030. The molecule has 2 N–H and O–H groups in total. The summed E-state index contributed by atoms with van der Waals surface area (Å²) in [5.41, 5.74) is 2.46. The van der Waals surface area contributed by atoms with Gasteiger partial charge in [-0.15, -0.1) is 11.8 Å². The summed E-state index contributed by atoms with van der Waals surface area (Å²) >= 11 is 1.66. The Balaban J connectivity index is 1.87. The van der Waals surface area contributed by atoms with E-state index >= 15 is 0 Å². The lowest BCUT2D eigenvalue weighted by Crippen LogP contribution is -2.13. The maximum Gasteiger partial charge on any atom is 0.256 e. The first-order chi connectivity index (χ1) is 12.9. The molecule has 0 bridgehead atoms. The number of nitrogens with one attached hydrogen (secondary N) is 2. The Kier molecular flexibility index (Phi) is 5.76. The van der Waals surface area contributed by atoms with Crippen molar-refractivity contribution in [2.45, 2.75) is 30.9 Å². The van der Waals surface area contributed by atoms with E-state index in [1.165, 1.54) is 6.07 Å². The Morgan fingerprint density at radius 1 is 1.11 bits per heavy atom. The highest BCUT2D eigenvalue weighted by atomic mass is 32.2. The lowest BCUT2D eigenvalue weighted by Gasteiger charge is -2.12. The van der Waals surface area contributed by atoms with Gasteiger partial charge in [0.25, 0.3) is 11.5 Å². The van der Waals surface area contributed by atoms with E-state index in [-0.39, 0.29) is 11.5 Å². The van der Waals surface area contributed by atoms with Crippen molar-refractivity contribution < 1.29 is 4.79 Å². The molecule has 0 aliphatic carbocycles. The molecule has 1 amide bonds. The molecule has 0 aliphatic rings. The molecule has 6 heteroatoms. The SMILES string of the molecule is Cc1cc(=O)[nH]c(-c2cccc(NC(=O)c3ccccc3SC(C)C)c2)n1. The number of hydrogen-bond donors (Lipinski definition) is 2. The second kappa shape index (κ2) is 8.22. The van der Waals surface area contributed by atoms with Crippen molar-refractivity contribution in [2.75, 3.05) is 5.32 Å². The van der Waals surface area contributed by atoms with Crippen LogP contribution in [0, 0.1) is 6.92 Å². The molecule has 0 saturated heterocycles. The largest absolute Gasteiger partial charge is 0.322 e. The van der Waals surface area contributed by atoms with Gasteiger partial charge in [0.1, 0.15) is 5.82 Å². The second-order valence-corrected chi connectivity index (χ2v) is 8.05. The van der Waals surface area contributed by atoms with Crippen LogP contribution in [0.25, 0.3) is 11.4 Å². The zero-order valence-corrected chi connectivity index (χ0v) is 16.3. The third-order valence-electron chi connectivity index (χ3n) is 3.76. The first-order valence-corrected chi connectivity index (χ1v) is 9.56. The van der Waals surface area contributed by atoms with Gasteiger partial charge in [0.15, 0.2) is 0 Å². The van der Waals surface area contributed by atoms with E-state index in [4.69, 9.17) is 0 Å². The molecule has 0 atom stereocenters. The minimum absolute atomic E-state index is 0.165. The first kappa shape index (κ1) is 18.9. The van der Waals surface area contributed by atoms with Crippen LogP contribution in [0.15, 0.2) is 64.3 Å². The van der Waals surface area contributed by atoms with Gasteiger partial charge >= 0.3 is 0 Å². The number of carbonyl (C=O) groups excluding carboxylic acids is 1. The van der Waals surface area contributed by atoms with Crippen LogP contribution in [0.3, 0.4) is 0 Å². The summed E-state index contributed by atoms with van der Waals surface area (Å²) in [4.78, 5) is 32.5. The number of rotatable bonds is 5. The molecule has 27 heavy (non-hydrogen) atoms. The van der Waals surface area contributed by atoms with Gasteiger partial charge in [0.05, 0.1) is 5.56 Å². The second-order valence-electron chi connectivity index (χ2n) is 6.43. The lowest BCUT2D eigenvalue weighted by molar-refractivity contribution is 0.102. The number of benzene rings is 2. The number of aryl methyl sites for hydroxylation is 1. The Hall–Kier alpha value is -2.86. The van der Waals surface area contributed by atoms with Gasteiger partial charge in [0.2, 0.25) is 0 Å². The molecule has 5 nitrogen and oxygen atoms in total. The van der Waals surface area contributed by atoms with Crippen molar-refractivity contribution in [2.24, 2.45) is 0 Å². The van der Waals surface area contributed by atoms with E-state index in [1.807, 2.05) is 42.5 Å². The van der Waals surface area contributed by atoms with Crippen LogP contribution in [0.1, 0.15) is 29.9 Å². The van der Waals surface area contributed by atoms with Crippen molar-refractivity contribution in [3.8, 4) is 11.4 Å². The Morgan fingerprint density at radius 3 is 2.63 bits per heavy atom. The number of amides is 1. The van der Waals surface area contributed by atoms with E-state index in [2.05, 4.69) is 29.1 Å². The van der Waals surface area contributed by atoms with Crippen LogP contribution in [0.5, 0.6) is 0 Å². The molecular weight excluding hydrogens is 358 g/mol. The van der Waals surface area contributed by atoms with E-state index in [1.54, 1.807) is 24.8 Å². The molecular formula is C21H21N3O2S. The number of aromatic amines is 1. The van der Waals surface area contributed by atoms with Gasteiger partial charge in [0, 0.05) is 33.2 Å². The average molecular weight is 379 g/mol. The normalized spacial score (nSPS) is 10.8. The topological polar surface area (TPSA) is 74.8 Å². The van der Waals surface area contributed by atoms with E-state index in [0.717, 1.165) is 10.5 Å². The first-order valence-electron chi connectivity index (χ1n) is 8.68. The lowest BCUT2D eigenvalue weighted by atomic mass is 10.1. The zero-order chi connectivity index (χ0) is 19.4. The molecule has 0 unspecified atom stereocenters.